The van der Waals surface area contributed by atoms with Crippen LogP contribution in [0.3, 0.4) is 0 Å². The fourth-order valence-electron chi connectivity index (χ4n) is 2.71. The highest BCUT2D eigenvalue weighted by molar-refractivity contribution is 6.23. The van der Waals surface area contributed by atoms with Crippen LogP contribution >= 0.6 is 0 Å². The largest absolute Gasteiger partial charge is 0.396 e. The molecule has 0 saturated heterocycles. The molecule has 0 aromatic carbocycles. The predicted molar refractivity (Wildman–Crippen MR) is 62.8 cm³/mol. The number of ketones is 3. The van der Waals surface area contributed by atoms with Crippen LogP contribution in [0.4, 0.5) is 0 Å². The summed E-state index contributed by atoms with van der Waals surface area (Å²) in [6.07, 6.45) is -0.223. The van der Waals surface area contributed by atoms with Crippen molar-refractivity contribution in [1.82, 2.24) is 0 Å². The van der Waals surface area contributed by atoms with Crippen LogP contribution in [-0.4, -0.2) is 52.5 Å². The van der Waals surface area contributed by atoms with Crippen molar-refractivity contribution in [1.29, 1.82) is 0 Å². The van der Waals surface area contributed by atoms with Gasteiger partial charge >= 0.3 is 0 Å². The van der Waals surface area contributed by atoms with Crippen LogP contribution < -0.4 is 0 Å². The van der Waals surface area contributed by atoms with Crippen molar-refractivity contribution in [2.45, 2.75) is 27.2 Å². The highest BCUT2D eigenvalue weighted by Gasteiger charge is 2.60. The van der Waals surface area contributed by atoms with Gasteiger partial charge in [0.05, 0.1) is 13.2 Å². The maximum absolute atomic E-state index is 11.8. The molecule has 0 heterocycles. The lowest BCUT2D eigenvalue weighted by molar-refractivity contribution is -0.164. The second-order valence-corrected chi connectivity index (χ2v) is 4.49. The van der Waals surface area contributed by atoms with E-state index in [1.807, 2.05) is 0 Å². The normalized spacial score (nSPS) is 12.3. The van der Waals surface area contributed by atoms with Gasteiger partial charge in [0.1, 0.15) is 0 Å². The molecule has 104 valence electrons. The first-order valence-corrected chi connectivity index (χ1v) is 5.62. The predicted octanol–water partition coefficient (Wildman–Crippen LogP) is -0.907. The minimum atomic E-state index is -2.11. The number of hydrogen-bond donors (Lipinski definition) is 3. The third-order valence-electron chi connectivity index (χ3n) is 3.58. The van der Waals surface area contributed by atoms with Crippen molar-refractivity contribution in [3.8, 4) is 0 Å². The standard InChI is InChI=1S/C12H20O6/c1-8(16)12(9(2)17,10(3)18)11(6-14,7-15)4-5-13/h13-15H,4-7H2,1-3H3. The van der Waals surface area contributed by atoms with Gasteiger partial charge in [-0.05, 0) is 27.2 Å². The molecule has 6 heteroatoms. The highest BCUT2D eigenvalue weighted by Crippen LogP contribution is 2.44. The molecule has 0 spiro atoms. The van der Waals surface area contributed by atoms with Crippen LogP contribution in [0.25, 0.3) is 0 Å². The Kier molecular flexibility index (Phi) is 5.79. The van der Waals surface area contributed by atoms with E-state index in [0.717, 1.165) is 20.8 Å². The molecule has 0 aliphatic rings. The zero-order chi connectivity index (χ0) is 14.6. The van der Waals surface area contributed by atoms with Crippen molar-refractivity contribution >= 4 is 17.3 Å². The number of carbonyl (C=O) groups is 3. The molecular formula is C12H20O6. The first-order valence-electron chi connectivity index (χ1n) is 5.62. The molecule has 0 atom stereocenters. The number of aliphatic hydroxyl groups excluding tert-OH is 3. The van der Waals surface area contributed by atoms with E-state index in [1.165, 1.54) is 0 Å². The Morgan fingerprint density at radius 1 is 0.833 bits per heavy atom. The molecule has 0 saturated carbocycles. The van der Waals surface area contributed by atoms with Crippen LogP contribution in [0.15, 0.2) is 0 Å². The van der Waals surface area contributed by atoms with Gasteiger partial charge in [-0.25, -0.2) is 0 Å². The third-order valence-corrected chi connectivity index (χ3v) is 3.58. The summed E-state index contributed by atoms with van der Waals surface area (Å²) in [5, 5.41) is 27.9. The van der Waals surface area contributed by atoms with Gasteiger partial charge in [-0.1, -0.05) is 0 Å². The van der Waals surface area contributed by atoms with Crippen LogP contribution in [0.5, 0.6) is 0 Å². The molecule has 0 aromatic heterocycles. The van der Waals surface area contributed by atoms with Crippen molar-refractivity contribution < 1.29 is 29.7 Å². The molecule has 0 amide bonds. The number of carbonyl (C=O) groups excluding carboxylic acids is 3. The minimum absolute atomic E-state index is 0.223. The highest BCUT2D eigenvalue weighted by atomic mass is 16.3. The Bertz CT molecular complexity index is 306. The van der Waals surface area contributed by atoms with Gasteiger partial charge in [-0.15, -0.1) is 0 Å². The molecule has 0 fully saturated rings. The molecule has 0 bridgehead atoms. The second kappa shape index (κ2) is 6.17. The van der Waals surface area contributed by atoms with Gasteiger partial charge in [0, 0.05) is 12.0 Å². The average molecular weight is 260 g/mol. The van der Waals surface area contributed by atoms with Gasteiger partial charge in [-0.2, -0.15) is 0 Å². The molecule has 6 nitrogen and oxygen atoms in total. The summed E-state index contributed by atoms with van der Waals surface area (Å²) in [6.45, 7) is 1.25. The van der Waals surface area contributed by atoms with Crippen molar-refractivity contribution in [2.24, 2.45) is 10.8 Å². The van der Waals surface area contributed by atoms with Crippen molar-refractivity contribution in [2.75, 3.05) is 19.8 Å². The molecular weight excluding hydrogens is 240 g/mol. The van der Waals surface area contributed by atoms with Gasteiger partial charge in [0.25, 0.3) is 0 Å². The van der Waals surface area contributed by atoms with E-state index in [9.17, 15) is 24.6 Å². The zero-order valence-electron chi connectivity index (χ0n) is 10.9. The minimum Gasteiger partial charge on any atom is -0.396 e. The second-order valence-electron chi connectivity index (χ2n) is 4.49. The summed E-state index contributed by atoms with van der Waals surface area (Å²) in [7, 11) is 0. The van der Waals surface area contributed by atoms with E-state index in [-0.39, 0.29) is 6.42 Å². The van der Waals surface area contributed by atoms with E-state index < -0.39 is 48.0 Å². The molecule has 0 radical (unpaired) electrons. The Morgan fingerprint density at radius 2 is 1.17 bits per heavy atom. The smallest absolute Gasteiger partial charge is 0.154 e. The van der Waals surface area contributed by atoms with E-state index in [4.69, 9.17) is 5.11 Å². The van der Waals surface area contributed by atoms with Crippen LogP contribution in [0.2, 0.25) is 0 Å². The molecule has 0 aromatic rings. The Balaban J connectivity index is 6.18. The first-order chi connectivity index (χ1) is 8.26. The average Bonchev–Trinajstić information content (AvgIpc) is 2.26. The van der Waals surface area contributed by atoms with E-state index in [1.54, 1.807) is 0 Å². The zero-order valence-corrected chi connectivity index (χ0v) is 10.9. The maximum atomic E-state index is 11.8. The Hall–Kier alpha value is -1.11. The van der Waals surface area contributed by atoms with E-state index in [0.29, 0.717) is 0 Å². The summed E-state index contributed by atoms with van der Waals surface area (Å²) in [5.74, 6) is -2.21. The Labute approximate surface area is 106 Å². The molecule has 0 rings (SSSR count). The van der Waals surface area contributed by atoms with Crippen LogP contribution in [0.1, 0.15) is 27.2 Å². The van der Waals surface area contributed by atoms with Gasteiger partial charge in [0.2, 0.25) is 0 Å². The molecule has 18 heavy (non-hydrogen) atoms. The summed E-state index contributed by atoms with van der Waals surface area (Å²) in [6, 6.07) is 0. The van der Waals surface area contributed by atoms with Crippen LogP contribution in [-0.2, 0) is 14.4 Å². The van der Waals surface area contributed by atoms with Gasteiger partial charge in [0.15, 0.2) is 22.8 Å². The molecule has 0 aliphatic carbocycles. The number of Topliss-reactive ketones (excluding diaryl/α,β-unsaturated/α-hetero) is 3. The fourth-order valence-corrected chi connectivity index (χ4v) is 2.71. The monoisotopic (exact) mass is 260 g/mol. The lowest BCUT2D eigenvalue weighted by Gasteiger charge is -2.43. The number of rotatable bonds is 8. The first kappa shape index (κ1) is 16.9. The lowest BCUT2D eigenvalue weighted by Crippen LogP contribution is -2.60. The van der Waals surface area contributed by atoms with Crippen molar-refractivity contribution in [3.05, 3.63) is 0 Å². The lowest BCUT2D eigenvalue weighted by atomic mass is 9.56. The molecule has 0 aliphatic heterocycles. The van der Waals surface area contributed by atoms with E-state index >= 15 is 0 Å². The number of hydrogen-bond acceptors (Lipinski definition) is 6. The van der Waals surface area contributed by atoms with Crippen LogP contribution in [0, 0.1) is 10.8 Å². The van der Waals surface area contributed by atoms with Crippen molar-refractivity contribution in [3.63, 3.8) is 0 Å². The third kappa shape index (κ3) is 2.23. The number of aliphatic hydroxyl groups is 3. The fraction of sp³-hybridized carbons (Fsp3) is 0.750. The Morgan fingerprint density at radius 3 is 1.33 bits per heavy atom. The van der Waals surface area contributed by atoms with Gasteiger partial charge < -0.3 is 15.3 Å². The SMILES string of the molecule is CC(=O)C(C(C)=O)(C(C)=O)C(CO)(CO)CCO. The maximum Gasteiger partial charge on any atom is 0.154 e. The summed E-state index contributed by atoms with van der Waals surface area (Å²) in [5.41, 5.74) is -3.79. The topological polar surface area (TPSA) is 112 Å². The summed E-state index contributed by atoms with van der Waals surface area (Å²) >= 11 is 0. The van der Waals surface area contributed by atoms with E-state index in [2.05, 4.69) is 0 Å². The quantitative estimate of drug-likeness (QED) is 0.487. The molecule has 3 N–H and O–H groups in total. The molecule has 0 unspecified atom stereocenters. The summed E-state index contributed by atoms with van der Waals surface area (Å²) in [4.78, 5) is 35.5. The summed E-state index contributed by atoms with van der Waals surface area (Å²) < 4.78 is 0. The van der Waals surface area contributed by atoms with Gasteiger partial charge in [-0.3, -0.25) is 14.4 Å².